The second-order valence-electron chi connectivity index (χ2n) is 4.33. The van der Waals surface area contributed by atoms with Crippen molar-refractivity contribution in [1.29, 1.82) is 0 Å². The first-order chi connectivity index (χ1) is 9.61. The van der Waals surface area contributed by atoms with Gasteiger partial charge in [0.25, 0.3) is 11.7 Å². The fraction of sp³-hybridized carbons (Fsp3) is 0.125. The molecule has 2 aromatic rings. The predicted octanol–water partition coefficient (Wildman–Crippen LogP) is 2.83. The van der Waals surface area contributed by atoms with Crippen LogP contribution < -0.4 is 10.1 Å². The molecule has 0 fully saturated rings. The zero-order chi connectivity index (χ0) is 14.5. The third kappa shape index (κ3) is 3.03. The van der Waals surface area contributed by atoms with Gasteiger partial charge in [0.05, 0.1) is 7.11 Å². The average Bonchev–Trinajstić information content (AvgIpc) is 2.49. The van der Waals surface area contributed by atoms with E-state index in [2.05, 4.69) is 5.32 Å². The van der Waals surface area contributed by atoms with Gasteiger partial charge in [-0.05, 0) is 42.8 Å². The first-order valence-electron chi connectivity index (χ1n) is 6.17. The summed E-state index contributed by atoms with van der Waals surface area (Å²) < 4.78 is 5.01. The van der Waals surface area contributed by atoms with Crippen molar-refractivity contribution < 1.29 is 14.3 Å². The molecule has 4 nitrogen and oxygen atoms in total. The topological polar surface area (TPSA) is 55.4 Å². The Morgan fingerprint density at radius 1 is 1.00 bits per heavy atom. The number of benzene rings is 2. The molecule has 0 heterocycles. The van der Waals surface area contributed by atoms with Crippen LogP contribution in [0.4, 0.5) is 5.69 Å². The molecule has 20 heavy (non-hydrogen) atoms. The Morgan fingerprint density at radius 2 is 1.65 bits per heavy atom. The van der Waals surface area contributed by atoms with E-state index in [-0.39, 0.29) is 0 Å². The number of rotatable bonds is 4. The molecule has 2 aromatic carbocycles. The van der Waals surface area contributed by atoms with Gasteiger partial charge in [0.15, 0.2) is 0 Å². The Hall–Kier alpha value is -2.62. The first kappa shape index (κ1) is 13.8. The number of anilines is 1. The summed E-state index contributed by atoms with van der Waals surface area (Å²) in [6, 6.07) is 13.7. The predicted molar refractivity (Wildman–Crippen MR) is 77.1 cm³/mol. The molecule has 2 rings (SSSR count). The molecule has 4 heteroatoms. The van der Waals surface area contributed by atoms with E-state index in [1.165, 1.54) is 0 Å². The zero-order valence-electron chi connectivity index (χ0n) is 11.3. The molecule has 0 radical (unpaired) electrons. The number of Topliss-reactive ketones (excluding diaryl/α,β-unsaturated/α-hetero) is 1. The lowest BCUT2D eigenvalue weighted by Gasteiger charge is -2.07. The Balaban J connectivity index is 2.12. The Bertz CT molecular complexity index is 632. The monoisotopic (exact) mass is 269 g/mol. The maximum Gasteiger partial charge on any atom is 0.296 e. The maximum atomic E-state index is 12.0. The van der Waals surface area contributed by atoms with Crippen LogP contribution in [-0.2, 0) is 4.79 Å². The van der Waals surface area contributed by atoms with Crippen LogP contribution in [0.3, 0.4) is 0 Å². The highest BCUT2D eigenvalue weighted by molar-refractivity contribution is 6.46. The second kappa shape index (κ2) is 6.02. The summed E-state index contributed by atoms with van der Waals surface area (Å²) in [5.74, 6) is -0.582. The van der Waals surface area contributed by atoms with Gasteiger partial charge in [-0.2, -0.15) is 0 Å². The van der Waals surface area contributed by atoms with Gasteiger partial charge in [-0.25, -0.2) is 0 Å². The highest BCUT2D eigenvalue weighted by Gasteiger charge is 2.16. The SMILES string of the molecule is COc1ccc(C(=O)C(=O)Nc2ccccc2C)cc1. The van der Waals surface area contributed by atoms with E-state index in [1.807, 2.05) is 19.1 Å². The van der Waals surface area contributed by atoms with Gasteiger partial charge >= 0.3 is 0 Å². The zero-order valence-corrected chi connectivity index (χ0v) is 11.3. The van der Waals surface area contributed by atoms with Crippen molar-refractivity contribution in [3.8, 4) is 5.75 Å². The quantitative estimate of drug-likeness (QED) is 0.686. The number of amides is 1. The summed E-state index contributed by atoms with van der Waals surface area (Å²) >= 11 is 0. The van der Waals surface area contributed by atoms with Crippen molar-refractivity contribution in [3.05, 3.63) is 59.7 Å². The van der Waals surface area contributed by atoms with Crippen molar-refractivity contribution in [3.63, 3.8) is 0 Å². The molecule has 0 saturated heterocycles. The summed E-state index contributed by atoms with van der Waals surface area (Å²) in [7, 11) is 1.54. The fourth-order valence-electron chi connectivity index (χ4n) is 1.77. The third-order valence-corrected chi connectivity index (χ3v) is 2.95. The van der Waals surface area contributed by atoms with Gasteiger partial charge in [0, 0.05) is 11.3 Å². The van der Waals surface area contributed by atoms with Gasteiger partial charge in [-0.15, -0.1) is 0 Å². The molecule has 0 spiro atoms. The molecule has 102 valence electrons. The number of carbonyl (C=O) groups excluding carboxylic acids is 2. The number of aryl methyl sites for hydroxylation is 1. The van der Waals surface area contributed by atoms with E-state index >= 15 is 0 Å². The number of para-hydroxylation sites is 1. The van der Waals surface area contributed by atoms with E-state index in [4.69, 9.17) is 4.74 Å². The molecule has 1 N–H and O–H groups in total. The number of ether oxygens (including phenoxy) is 1. The van der Waals surface area contributed by atoms with E-state index in [0.29, 0.717) is 17.0 Å². The second-order valence-corrected chi connectivity index (χ2v) is 4.33. The highest BCUT2D eigenvalue weighted by Crippen LogP contribution is 2.15. The molecule has 0 atom stereocenters. The molecule has 0 aromatic heterocycles. The van der Waals surface area contributed by atoms with Crippen LogP contribution in [-0.4, -0.2) is 18.8 Å². The van der Waals surface area contributed by atoms with E-state index in [0.717, 1.165) is 5.56 Å². The molecule has 0 aliphatic rings. The number of ketones is 1. The Labute approximate surface area is 117 Å². The summed E-state index contributed by atoms with van der Waals surface area (Å²) in [5, 5.41) is 2.62. The van der Waals surface area contributed by atoms with Crippen molar-refractivity contribution in [2.45, 2.75) is 6.92 Å². The molecule has 0 bridgehead atoms. The largest absolute Gasteiger partial charge is 0.497 e. The lowest BCUT2D eigenvalue weighted by Crippen LogP contribution is -2.23. The number of hydrogen-bond donors (Lipinski definition) is 1. The average molecular weight is 269 g/mol. The number of methoxy groups -OCH3 is 1. The van der Waals surface area contributed by atoms with Crippen LogP contribution in [0, 0.1) is 6.92 Å². The standard InChI is InChI=1S/C16H15NO3/c1-11-5-3-4-6-14(11)17-16(19)15(18)12-7-9-13(20-2)10-8-12/h3-10H,1-2H3,(H,17,19). The molecule has 1 amide bonds. The van der Waals surface area contributed by atoms with Crippen LogP contribution >= 0.6 is 0 Å². The lowest BCUT2D eigenvalue weighted by molar-refractivity contribution is -0.112. The minimum absolute atomic E-state index is 0.330. The van der Waals surface area contributed by atoms with Gasteiger partial charge in [-0.3, -0.25) is 9.59 Å². The van der Waals surface area contributed by atoms with E-state index in [1.54, 1.807) is 43.5 Å². The van der Waals surface area contributed by atoms with Gasteiger partial charge in [-0.1, -0.05) is 18.2 Å². The summed E-state index contributed by atoms with van der Waals surface area (Å²) in [4.78, 5) is 23.9. The summed E-state index contributed by atoms with van der Waals surface area (Å²) in [6.45, 7) is 1.87. The summed E-state index contributed by atoms with van der Waals surface area (Å²) in [6.07, 6.45) is 0. The molecular formula is C16H15NO3. The highest BCUT2D eigenvalue weighted by atomic mass is 16.5. The number of carbonyl (C=O) groups is 2. The van der Waals surface area contributed by atoms with Crippen LogP contribution in [0.2, 0.25) is 0 Å². The lowest BCUT2D eigenvalue weighted by atomic mass is 10.1. The smallest absolute Gasteiger partial charge is 0.296 e. The minimum atomic E-state index is -0.649. The first-order valence-corrected chi connectivity index (χ1v) is 6.17. The van der Waals surface area contributed by atoms with E-state index in [9.17, 15) is 9.59 Å². The van der Waals surface area contributed by atoms with Crippen molar-refractivity contribution >= 4 is 17.4 Å². The van der Waals surface area contributed by atoms with E-state index < -0.39 is 11.7 Å². The van der Waals surface area contributed by atoms with Gasteiger partial charge in [0.1, 0.15) is 5.75 Å². The molecule has 0 aliphatic carbocycles. The van der Waals surface area contributed by atoms with Crippen molar-refractivity contribution in [1.82, 2.24) is 0 Å². The van der Waals surface area contributed by atoms with Crippen LogP contribution in [0.15, 0.2) is 48.5 Å². The Morgan fingerprint density at radius 3 is 2.25 bits per heavy atom. The fourth-order valence-corrected chi connectivity index (χ4v) is 1.77. The number of nitrogens with one attached hydrogen (secondary N) is 1. The van der Waals surface area contributed by atoms with Crippen LogP contribution in [0.5, 0.6) is 5.75 Å². The van der Waals surface area contributed by atoms with Gasteiger partial charge < -0.3 is 10.1 Å². The van der Waals surface area contributed by atoms with Crippen molar-refractivity contribution in [2.24, 2.45) is 0 Å². The maximum absolute atomic E-state index is 12.0. The van der Waals surface area contributed by atoms with Crippen LogP contribution in [0.1, 0.15) is 15.9 Å². The van der Waals surface area contributed by atoms with Crippen molar-refractivity contribution in [2.75, 3.05) is 12.4 Å². The third-order valence-electron chi connectivity index (χ3n) is 2.95. The molecule has 0 saturated carbocycles. The molecule has 0 unspecified atom stereocenters. The minimum Gasteiger partial charge on any atom is -0.497 e. The summed E-state index contributed by atoms with van der Waals surface area (Å²) in [5.41, 5.74) is 1.87. The Kier molecular flexibility index (Phi) is 4.15. The molecular weight excluding hydrogens is 254 g/mol. The normalized spacial score (nSPS) is 9.90. The number of hydrogen-bond acceptors (Lipinski definition) is 3. The molecule has 0 aliphatic heterocycles. The van der Waals surface area contributed by atoms with Crippen LogP contribution in [0.25, 0.3) is 0 Å². The van der Waals surface area contributed by atoms with Gasteiger partial charge in [0.2, 0.25) is 0 Å².